The molecule has 1 unspecified atom stereocenters. The Labute approximate surface area is 99.4 Å². The number of aliphatic hydroxyl groups excluding tert-OH is 1. The van der Waals surface area contributed by atoms with Gasteiger partial charge in [0.15, 0.2) is 0 Å². The Bertz CT molecular complexity index is 334. The first-order chi connectivity index (χ1) is 8.13. The van der Waals surface area contributed by atoms with E-state index in [1.54, 1.807) is 12.1 Å². The summed E-state index contributed by atoms with van der Waals surface area (Å²) >= 11 is 0. The molecule has 3 nitrogen and oxygen atoms in total. The molecule has 2 N–H and O–H groups in total. The fourth-order valence-corrected chi connectivity index (χ4v) is 1.48. The van der Waals surface area contributed by atoms with Gasteiger partial charge in [-0.15, -0.1) is 0 Å². The fraction of sp³-hybridized carbons (Fsp3) is 0.500. The van der Waals surface area contributed by atoms with Gasteiger partial charge in [-0.05, 0) is 37.6 Å². The van der Waals surface area contributed by atoms with Crippen molar-refractivity contribution in [1.29, 1.82) is 0 Å². The lowest BCUT2D eigenvalue weighted by Gasteiger charge is -2.15. The highest BCUT2D eigenvalue weighted by Gasteiger charge is 2.08. The molecule has 17 heavy (non-hydrogen) atoms. The molecule has 1 aromatic rings. The summed E-state index contributed by atoms with van der Waals surface area (Å²) in [5.41, 5.74) is 0.876. The number of hydrogen-bond acceptors (Lipinski definition) is 3. The Morgan fingerprint density at radius 3 is 2.82 bits per heavy atom. The number of ether oxygens (including phenoxy) is 1. The van der Waals surface area contributed by atoms with E-state index in [4.69, 9.17) is 5.11 Å². The predicted molar refractivity (Wildman–Crippen MR) is 61.2 cm³/mol. The van der Waals surface area contributed by atoms with Gasteiger partial charge in [0.25, 0.3) is 0 Å². The molecule has 1 atom stereocenters. The normalized spacial score (nSPS) is 12.8. The van der Waals surface area contributed by atoms with Gasteiger partial charge in [-0.25, -0.2) is 0 Å². The highest BCUT2D eigenvalue weighted by Crippen LogP contribution is 2.20. The molecule has 0 radical (unpaired) electrons. The van der Waals surface area contributed by atoms with Gasteiger partial charge in [0.05, 0.1) is 0 Å². The smallest absolute Gasteiger partial charge is 0.387 e. The van der Waals surface area contributed by atoms with Crippen LogP contribution in [0, 0.1) is 0 Å². The highest BCUT2D eigenvalue weighted by atomic mass is 19.3. The molecule has 0 aliphatic heterocycles. The van der Waals surface area contributed by atoms with Crippen LogP contribution in [0.15, 0.2) is 24.3 Å². The van der Waals surface area contributed by atoms with E-state index in [-0.39, 0.29) is 18.4 Å². The average molecular weight is 245 g/mol. The Hall–Kier alpha value is -1.20. The van der Waals surface area contributed by atoms with Gasteiger partial charge in [-0.2, -0.15) is 8.78 Å². The minimum Gasteiger partial charge on any atom is -0.435 e. The van der Waals surface area contributed by atoms with E-state index in [1.165, 1.54) is 6.07 Å². The molecule has 0 spiro atoms. The zero-order chi connectivity index (χ0) is 12.7. The minimum atomic E-state index is -2.80. The molecule has 0 heterocycles. The maximum atomic E-state index is 12.0. The molecule has 0 aliphatic rings. The van der Waals surface area contributed by atoms with Crippen molar-refractivity contribution in [3.05, 3.63) is 29.8 Å². The van der Waals surface area contributed by atoms with Crippen LogP contribution in [0.2, 0.25) is 0 Å². The Morgan fingerprint density at radius 1 is 1.41 bits per heavy atom. The molecule has 0 saturated carbocycles. The number of rotatable bonds is 7. The average Bonchev–Trinajstić information content (AvgIpc) is 2.28. The first-order valence-corrected chi connectivity index (χ1v) is 5.52. The minimum absolute atomic E-state index is 0.0303. The summed E-state index contributed by atoms with van der Waals surface area (Å²) in [5, 5.41) is 11.8. The third-order valence-corrected chi connectivity index (χ3v) is 2.37. The van der Waals surface area contributed by atoms with Crippen LogP contribution < -0.4 is 10.1 Å². The summed E-state index contributed by atoms with van der Waals surface area (Å²) in [5.74, 6) is 0.160. The van der Waals surface area contributed by atoms with E-state index in [9.17, 15) is 8.78 Å². The number of nitrogens with one attached hydrogen (secondary N) is 1. The topological polar surface area (TPSA) is 41.5 Å². The van der Waals surface area contributed by atoms with Gasteiger partial charge in [-0.1, -0.05) is 12.1 Å². The van der Waals surface area contributed by atoms with Gasteiger partial charge >= 0.3 is 6.61 Å². The Morgan fingerprint density at radius 2 is 2.18 bits per heavy atom. The number of aliphatic hydroxyl groups is 1. The molecular weight excluding hydrogens is 228 g/mol. The quantitative estimate of drug-likeness (QED) is 0.724. The molecule has 0 fully saturated rings. The summed E-state index contributed by atoms with van der Waals surface area (Å²) in [6, 6.07) is 6.63. The molecule has 0 aliphatic carbocycles. The monoisotopic (exact) mass is 245 g/mol. The van der Waals surface area contributed by atoms with Crippen LogP contribution in [0.1, 0.15) is 24.9 Å². The van der Waals surface area contributed by atoms with Crippen molar-refractivity contribution in [2.24, 2.45) is 0 Å². The van der Waals surface area contributed by atoms with Crippen LogP contribution in [-0.2, 0) is 0 Å². The van der Waals surface area contributed by atoms with Crippen molar-refractivity contribution in [2.75, 3.05) is 13.2 Å². The van der Waals surface area contributed by atoms with Crippen molar-refractivity contribution in [1.82, 2.24) is 5.32 Å². The van der Waals surface area contributed by atoms with Gasteiger partial charge < -0.3 is 15.2 Å². The lowest BCUT2D eigenvalue weighted by molar-refractivity contribution is -0.0499. The second kappa shape index (κ2) is 7.19. The highest BCUT2D eigenvalue weighted by molar-refractivity contribution is 5.30. The Kier molecular flexibility index (Phi) is 5.86. The van der Waals surface area contributed by atoms with Gasteiger partial charge in [0, 0.05) is 12.6 Å². The van der Waals surface area contributed by atoms with E-state index in [0.717, 1.165) is 5.56 Å². The SMILES string of the molecule is CC(NCCCO)c1cccc(OC(F)F)c1. The van der Waals surface area contributed by atoms with Crippen LogP contribution in [0.5, 0.6) is 5.75 Å². The molecule has 0 saturated heterocycles. The van der Waals surface area contributed by atoms with Crippen molar-refractivity contribution in [3.63, 3.8) is 0 Å². The lowest BCUT2D eigenvalue weighted by Crippen LogP contribution is -2.20. The molecular formula is C12H17F2NO2. The molecule has 96 valence electrons. The third-order valence-electron chi connectivity index (χ3n) is 2.37. The lowest BCUT2D eigenvalue weighted by atomic mass is 10.1. The van der Waals surface area contributed by atoms with E-state index < -0.39 is 6.61 Å². The van der Waals surface area contributed by atoms with Gasteiger partial charge in [-0.3, -0.25) is 0 Å². The summed E-state index contributed by atoms with van der Waals surface area (Å²) in [6.45, 7) is -0.0621. The molecule has 0 bridgehead atoms. The van der Waals surface area contributed by atoms with Crippen molar-refractivity contribution in [2.45, 2.75) is 26.0 Å². The zero-order valence-electron chi connectivity index (χ0n) is 9.70. The maximum absolute atomic E-state index is 12.0. The van der Waals surface area contributed by atoms with Crippen LogP contribution >= 0.6 is 0 Å². The molecule has 0 amide bonds. The molecule has 0 aromatic heterocycles. The van der Waals surface area contributed by atoms with E-state index in [2.05, 4.69) is 10.1 Å². The number of hydrogen-bond donors (Lipinski definition) is 2. The maximum Gasteiger partial charge on any atom is 0.387 e. The summed E-state index contributed by atoms with van der Waals surface area (Å²) in [4.78, 5) is 0. The van der Waals surface area contributed by atoms with E-state index >= 15 is 0 Å². The third kappa shape index (κ3) is 5.10. The standard InChI is InChI=1S/C12H17F2NO2/c1-9(15-6-3-7-16)10-4-2-5-11(8-10)17-12(13)14/h2,4-5,8-9,12,15-16H,3,6-7H2,1H3. The largest absolute Gasteiger partial charge is 0.435 e. The summed E-state index contributed by atoms with van der Waals surface area (Å²) in [7, 11) is 0. The first kappa shape index (κ1) is 13.9. The molecule has 1 rings (SSSR count). The second-order valence-electron chi connectivity index (χ2n) is 3.70. The number of alkyl halides is 2. The van der Waals surface area contributed by atoms with Crippen LogP contribution in [0.3, 0.4) is 0 Å². The summed E-state index contributed by atoms with van der Waals surface area (Å²) < 4.78 is 28.4. The number of benzene rings is 1. The molecule has 5 heteroatoms. The Balaban J connectivity index is 2.57. The van der Waals surface area contributed by atoms with Crippen molar-refractivity contribution >= 4 is 0 Å². The summed E-state index contributed by atoms with van der Waals surface area (Å²) in [6.07, 6.45) is 0.664. The van der Waals surface area contributed by atoms with Crippen LogP contribution in [0.4, 0.5) is 8.78 Å². The van der Waals surface area contributed by atoms with Crippen LogP contribution in [0.25, 0.3) is 0 Å². The van der Waals surface area contributed by atoms with E-state index in [1.807, 2.05) is 13.0 Å². The second-order valence-corrected chi connectivity index (χ2v) is 3.70. The first-order valence-electron chi connectivity index (χ1n) is 5.52. The zero-order valence-corrected chi connectivity index (χ0v) is 9.70. The van der Waals surface area contributed by atoms with Gasteiger partial charge in [0.1, 0.15) is 5.75 Å². The van der Waals surface area contributed by atoms with Crippen molar-refractivity contribution < 1.29 is 18.6 Å². The fourth-order valence-electron chi connectivity index (χ4n) is 1.48. The van der Waals surface area contributed by atoms with Crippen LogP contribution in [-0.4, -0.2) is 24.9 Å². The van der Waals surface area contributed by atoms with Gasteiger partial charge in [0.2, 0.25) is 0 Å². The molecule has 1 aromatic carbocycles. The van der Waals surface area contributed by atoms with Crippen molar-refractivity contribution in [3.8, 4) is 5.75 Å². The van der Waals surface area contributed by atoms with E-state index in [0.29, 0.717) is 13.0 Å². The number of halogens is 2. The predicted octanol–water partition coefficient (Wildman–Crippen LogP) is 2.32.